The van der Waals surface area contributed by atoms with Crippen LogP contribution in [0.2, 0.25) is 0 Å². The van der Waals surface area contributed by atoms with E-state index in [2.05, 4.69) is 12.3 Å². The minimum Gasteiger partial charge on any atom is -0.412 e. The van der Waals surface area contributed by atoms with E-state index in [9.17, 15) is 9.59 Å². The molecule has 108 valence electrons. The summed E-state index contributed by atoms with van der Waals surface area (Å²) in [6.07, 6.45) is -5.78. The first-order chi connectivity index (χ1) is 7.81. The molecular formula is C9H19NO8. The van der Waals surface area contributed by atoms with Crippen molar-refractivity contribution in [1.82, 2.24) is 0 Å². The van der Waals surface area contributed by atoms with Gasteiger partial charge in [0.15, 0.2) is 6.29 Å². The third kappa shape index (κ3) is 9.84. The molecule has 0 saturated carbocycles. The summed E-state index contributed by atoms with van der Waals surface area (Å²) in [5, 5.41) is 43.5. The molecule has 9 heteroatoms. The van der Waals surface area contributed by atoms with Gasteiger partial charge in [0.2, 0.25) is 5.91 Å². The van der Waals surface area contributed by atoms with Gasteiger partial charge < -0.3 is 41.5 Å². The Labute approximate surface area is 103 Å². The van der Waals surface area contributed by atoms with Crippen LogP contribution in [0.15, 0.2) is 12.7 Å². The van der Waals surface area contributed by atoms with Crippen LogP contribution in [0, 0.1) is 0 Å². The number of amides is 1. The molecule has 0 heterocycles. The Bertz CT molecular complexity index is 247. The van der Waals surface area contributed by atoms with Crippen molar-refractivity contribution in [3.05, 3.63) is 12.7 Å². The summed E-state index contributed by atoms with van der Waals surface area (Å²) in [5.74, 6) is -0.481. The zero-order valence-corrected chi connectivity index (χ0v) is 9.51. The van der Waals surface area contributed by atoms with Crippen LogP contribution in [0.1, 0.15) is 0 Å². The summed E-state index contributed by atoms with van der Waals surface area (Å²) in [5.41, 5.74) is 4.53. The lowest BCUT2D eigenvalue weighted by atomic mass is 10.0. The Morgan fingerprint density at radius 1 is 1.22 bits per heavy atom. The molecule has 0 bridgehead atoms. The molecule has 0 radical (unpaired) electrons. The predicted molar refractivity (Wildman–Crippen MR) is 60.2 cm³/mol. The first-order valence-electron chi connectivity index (χ1n) is 4.52. The number of primary amides is 1. The van der Waals surface area contributed by atoms with Crippen LogP contribution in [0.25, 0.3) is 0 Å². The Balaban J connectivity index is -0.000000321. The highest BCUT2D eigenvalue weighted by Gasteiger charge is 2.29. The van der Waals surface area contributed by atoms with E-state index in [1.807, 2.05) is 0 Å². The van der Waals surface area contributed by atoms with E-state index in [0.29, 0.717) is 0 Å². The molecule has 0 fully saturated rings. The van der Waals surface area contributed by atoms with Gasteiger partial charge in [-0.1, -0.05) is 6.58 Å². The second kappa shape index (κ2) is 12.1. The van der Waals surface area contributed by atoms with Crippen molar-refractivity contribution < 1.29 is 40.6 Å². The van der Waals surface area contributed by atoms with E-state index in [1.165, 1.54) is 0 Å². The maximum Gasteiger partial charge on any atom is 0.240 e. The van der Waals surface area contributed by atoms with Crippen molar-refractivity contribution in [3.63, 3.8) is 0 Å². The average molecular weight is 269 g/mol. The Morgan fingerprint density at radius 2 is 1.61 bits per heavy atom. The molecule has 4 atom stereocenters. The molecule has 0 aliphatic rings. The van der Waals surface area contributed by atoms with Gasteiger partial charge in [-0.25, -0.2) is 0 Å². The van der Waals surface area contributed by atoms with Gasteiger partial charge in [0.1, 0.15) is 24.4 Å². The molecule has 0 aliphatic heterocycles. The quantitative estimate of drug-likeness (QED) is 0.206. The SMILES string of the molecule is C=CC(N)=O.O.O=CC(O)C(O)C(O)C(O)CO. The van der Waals surface area contributed by atoms with E-state index in [1.54, 1.807) is 0 Å². The third-order valence-corrected chi connectivity index (χ3v) is 1.62. The molecule has 0 rings (SSSR count). The van der Waals surface area contributed by atoms with Gasteiger partial charge in [-0.2, -0.15) is 0 Å². The fourth-order valence-electron chi connectivity index (χ4n) is 0.618. The van der Waals surface area contributed by atoms with Crippen molar-refractivity contribution in [2.45, 2.75) is 24.4 Å². The molecule has 0 aliphatic carbocycles. The Morgan fingerprint density at radius 3 is 1.83 bits per heavy atom. The van der Waals surface area contributed by atoms with Gasteiger partial charge in [0.25, 0.3) is 0 Å². The van der Waals surface area contributed by atoms with Crippen LogP contribution in [0.4, 0.5) is 0 Å². The Kier molecular flexibility index (Phi) is 14.7. The van der Waals surface area contributed by atoms with Crippen molar-refractivity contribution in [1.29, 1.82) is 0 Å². The number of aliphatic hydroxyl groups excluding tert-OH is 5. The number of aldehydes is 1. The number of hydrogen-bond acceptors (Lipinski definition) is 7. The molecular weight excluding hydrogens is 250 g/mol. The lowest BCUT2D eigenvalue weighted by Gasteiger charge is -2.22. The van der Waals surface area contributed by atoms with Gasteiger partial charge in [-0.15, -0.1) is 0 Å². The standard InChI is InChI=1S/C6H12O6.C3H5NO.H2O/c7-1-3(9)5(11)6(12)4(10)2-8;1-2-3(4)5;/h1,3-6,8-12H,2H2;2H,1H2,(H2,4,5);1H2. The molecule has 0 spiro atoms. The fourth-order valence-corrected chi connectivity index (χ4v) is 0.618. The molecule has 0 aromatic carbocycles. The second-order valence-corrected chi connectivity index (χ2v) is 2.96. The largest absolute Gasteiger partial charge is 0.412 e. The maximum atomic E-state index is 9.90. The van der Waals surface area contributed by atoms with Crippen LogP contribution < -0.4 is 5.73 Å². The molecule has 9 nitrogen and oxygen atoms in total. The van der Waals surface area contributed by atoms with Gasteiger partial charge in [-0.3, -0.25) is 4.79 Å². The first kappa shape index (κ1) is 21.9. The minimum absolute atomic E-state index is 0. The van der Waals surface area contributed by atoms with Gasteiger partial charge >= 0.3 is 0 Å². The zero-order valence-electron chi connectivity index (χ0n) is 9.51. The molecule has 9 N–H and O–H groups in total. The summed E-state index contributed by atoms with van der Waals surface area (Å²) in [6, 6.07) is 0. The predicted octanol–water partition coefficient (Wildman–Crippen LogP) is -4.55. The zero-order chi connectivity index (χ0) is 14.0. The maximum absolute atomic E-state index is 9.90. The molecule has 0 aromatic heterocycles. The minimum atomic E-state index is -1.79. The van der Waals surface area contributed by atoms with Crippen LogP contribution in [-0.4, -0.2) is 74.2 Å². The van der Waals surface area contributed by atoms with Gasteiger partial charge in [-0.05, 0) is 6.08 Å². The van der Waals surface area contributed by atoms with E-state index in [4.69, 9.17) is 25.5 Å². The van der Waals surface area contributed by atoms with Crippen molar-refractivity contribution in [2.75, 3.05) is 6.61 Å². The Hall–Kier alpha value is -1.36. The number of nitrogens with two attached hydrogens (primary N) is 1. The average Bonchev–Trinajstić information content (AvgIpc) is 2.35. The van der Waals surface area contributed by atoms with Crippen LogP contribution in [0.3, 0.4) is 0 Å². The van der Waals surface area contributed by atoms with E-state index < -0.39 is 36.9 Å². The molecule has 18 heavy (non-hydrogen) atoms. The number of carbonyl (C=O) groups excluding carboxylic acids is 2. The monoisotopic (exact) mass is 269 g/mol. The van der Waals surface area contributed by atoms with Crippen LogP contribution >= 0.6 is 0 Å². The molecule has 0 aromatic rings. The number of carbonyl (C=O) groups is 2. The molecule has 1 amide bonds. The van der Waals surface area contributed by atoms with Crippen molar-refractivity contribution in [3.8, 4) is 0 Å². The molecule has 4 unspecified atom stereocenters. The number of rotatable bonds is 6. The van der Waals surface area contributed by atoms with E-state index in [0.717, 1.165) is 6.08 Å². The highest BCUT2D eigenvalue weighted by atomic mass is 16.4. The summed E-state index contributed by atoms with van der Waals surface area (Å²) in [6.45, 7) is 2.33. The first-order valence-corrected chi connectivity index (χ1v) is 4.52. The smallest absolute Gasteiger partial charge is 0.240 e. The number of aliphatic hydroxyl groups is 5. The normalized spacial score (nSPS) is 15.8. The summed E-state index contributed by atoms with van der Waals surface area (Å²) in [4.78, 5) is 19.4. The second-order valence-electron chi connectivity index (χ2n) is 2.96. The van der Waals surface area contributed by atoms with E-state index >= 15 is 0 Å². The van der Waals surface area contributed by atoms with Crippen molar-refractivity contribution in [2.24, 2.45) is 5.73 Å². The van der Waals surface area contributed by atoms with Crippen LogP contribution in [-0.2, 0) is 9.59 Å². The van der Waals surface area contributed by atoms with Gasteiger partial charge in [0.05, 0.1) is 6.61 Å². The third-order valence-electron chi connectivity index (χ3n) is 1.62. The lowest BCUT2D eigenvalue weighted by molar-refractivity contribution is -0.136. The topological polar surface area (TPSA) is 193 Å². The number of hydrogen-bond donors (Lipinski definition) is 6. The highest BCUT2D eigenvalue weighted by molar-refractivity contribution is 5.84. The highest BCUT2D eigenvalue weighted by Crippen LogP contribution is 2.02. The fraction of sp³-hybridized carbons (Fsp3) is 0.556. The molecule has 0 saturated heterocycles. The lowest BCUT2D eigenvalue weighted by Crippen LogP contribution is -2.46. The van der Waals surface area contributed by atoms with E-state index in [-0.39, 0.29) is 11.8 Å². The van der Waals surface area contributed by atoms with Crippen LogP contribution in [0.5, 0.6) is 0 Å². The summed E-state index contributed by atoms with van der Waals surface area (Å²) >= 11 is 0. The summed E-state index contributed by atoms with van der Waals surface area (Å²) < 4.78 is 0. The van der Waals surface area contributed by atoms with Gasteiger partial charge in [0, 0.05) is 0 Å². The summed E-state index contributed by atoms with van der Waals surface area (Å²) in [7, 11) is 0. The van der Waals surface area contributed by atoms with Crippen molar-refractivity contribution >= 4 is 12.2 Å².